The highest BCUT2D eigenvalue weighted by atomic mass is 16.5. The summed E-state index contributed by atoms with van der Waals surface area (Å²) in [6.07, 6.45) is 12.7. The number of nitrogens with two attached hydrogens (primary N) is 1. The molecule has 2 unspecified atom stereocenters. The maximum atomic E-state index is 8.08. The average Bonchev–Trinajstić information content (AvgIpc) is 3.43. The fourth-order valence-electron chi connectivity index (χ4n) is 3.93. The van der Waals surface area contributed by atoms with Crippen LogP contribution in [0.1, 0.15) is 39.2 Å². The van der Waals surface area contributed by atoms with Crippen LogP contribution in [-0.2, 0) is 0 Å². The molecule has 2 atom stereocenters. The van der Waals surface area contributed by atoms with E-state index in [0.717, 1.165) is 48.3 Å². The van der Waals surface area contributed by atoms with Gasteiger partial charge in [-0.1, -0.05) is 0 Å². The minimum atomic E-state index is -1.50. The molecule has 0 aromatic carbocycles. The Balaban J connectivity index is 0.000000418. The normalized spacial score (nSPS) is 18.8. The van der Waals surface area contributed by atoms with Gasteiger partial charge in [-0.15, -0.1) is 0 Å². The molecular formula is C22H28N6O3. The summed E-state index contributed by atoms with van der Waals surface area (Å²) in [7, 11) is 0. The first kappa shape index (κ1) is 21.1. The largest absolute Gasteiger partial charge is 0.493 e. The molecule has 4 heterocycles. The number of aliphatic hydroxyl groups is 2. The molecule has 0 aliphatic heterocycles. The van der Waals surface area contributed by atoms with Crippen LogP contribution in [0.4, 0.5) is 5.82 Å². The molecule has 1 saturated carbocycles. The summed E-state index contributed by atoms with van der Waals surface area (Å²) in [5, 5.41) is 17.1. The third-order valence-electron chi connectivity index (χ3n) is 5.30. The quantitative estimate of drug-likeness (QED) is 0.430. The molecule has 9 heteroatoms. The van der Waals surface area contributed by atoms with E-state index in [1.807, 2.05) is 35.0 Å². The van der Waals surface area contributed by atoms with E-state index in [1.54, 1.807) is 6.20 Å². The van der Waals surface area contributed by atoms with Crippen LogP contribution >= 0.6 is 0 Å². The molecule has 1 aliphatic rings. The van der Waals surface area contributed by atoms with E-state index < -0.39 is 5.79 Å². The predicted octanol–water partition coefficient (Wildman–Crippen LogP) is 2.79. The summed E-state index contributed by atoms with van der Waals surface area (Å²) < 4.78 is 10.2. The van der Waals surface area contributed by atoms with Gasteiger partial charge in [0, 0.05) is 36.9 Å². The van der Waals surface area contributed by atoms with E-state index in [9.17, 15) is 0 Å². The Morgan fingerprint density at radius 2 is 1.94 bits per heavy atom. The molecule has 164 valence electrons. The Bertz CT molecular complexity index is 1160. The zero-order chi connectivity index (χ0) is 22.0. The first-order valence-electron chi connectivity index (χ1n) is 10.4. The fourth-order valence-corrected chi connectivity index (χ4v) is 3.93. The summed E-state index contributed by atoms with van der Waals surface area (Å²) in [6, 6.07) is 6.41. The topological polar surface area (TPSA) is 124 Å². The van der Waals surface area contributed by atoms with Crippen molar-refractivity contribution >= 4 is 22.5 Å². The van der Waals surface area contributed by atoms with E-state index >= 15 is 0 Å². The van der Waals surface area contributed by atoms with Crippen molar-refractivity contribution in [3.63, 3.8) is 0 Å². The van der Waals surface area contributed by atoms with Crippen LogP contribution in [0.2, 0.25) is 0 Å². The molecule has 1 aliphatic carbocycles. The van der Waals surface area contributed by atoms with Gasteiger partial charge in [0.25, 0.3) is 0 Å². The van der Waals surface area contributed by atoms with Crippen LogP contribution in [-0.4, -0.2) is 46.5 Å². The molecule has 5 rings (SSSR count). The molecule has 0 radical (unpaired) electrons. The molecular weight excluding hydrogens is 396 g/mol. The molecule has 4 aromatic heterocycles. The summed E-state index contributed by atoms with van der Waals surface area (Å²) in [4.78, 5) is 12.8. The van der Waals surface area contributed by atoms with E-state index in [0.29, 0.717) is 17.8 Å². The Kier molecular flexibility index (Phi) is 5.79. The first-order chi connectivity index (χ1) is 14.8. The third kappa shape index (κ3) is 5.12. The maximum absolute atomic E-state index is 8.08. The maximum Gasteiger partial charge on any atom is 0.156 e. The van der Waals surface area contributed by atoms with Crippen LogP contribution in [0.15, 0.2) is 49.3 Å². The second-order valence-electron chi connectivity index (χ2n) is 8.41. The lowest BCUT2D eigenvalue weighted by molar-refractivity contribution is -0.127. The third-order valence-corrected chi connectivity index (χ3v) is 5.30. The van der Waals surface area contributed by atoms with Gasteiger partial charge >= 0.3 is 0 Å². The standard InChI is InChI=1S/C19H20N6O.C3H8O2/c20-18-16-4-7-25(19(16)23-12-22-18)14-2-1-13(9-14)11-26-15-3-6-24-8-5-21-17(24)10-15;1-3(2,4)5/h3-8,10,12-14H,1-2,9,11H2,(H2,20,22,23);4-5H,1-2H3. The van der Waals surface area contributed by atoms with Crippen LogP contribution < -0.4 is 10.5 Å². The van der Waals surface area contributed by atoms with E-state index in [4.69, 9.17) is 20.7 Å². The van der Waals surface area contributed by atoms with Crippen molar-refractivity contribution in [3.05, 3.63) is 49.3 Å². The predicted molar refractivity (Wildman–Crippen MR) is 118 cm³/mol. The molecule has 4 aromatic rings. The highest BCUT2D eigenvalue weighted by molar-refractivity contribution is 5.86. The number of aromatic nitrogens is 5. The lowest BCUT2D eigenvalue weighted by Gasteiger charge is -2.15. The highest BCUT2D eigenvalue weighted by Crippen LogP contribution is 2.37. The number of imidazole rings is 1. The Hall–Kier alpha value is -3.17. The molecule has 4 N–H and O–H groups in total. The van der Waals surface area contributed by atoms with Crippen LogP contribution in [0.5, 0.6) is 5.75 Å². The molecule has 31 heavy (non-hydrogen) atoms. The van der Waals surface area contributed by atoms with E-state index in [2.05, 4.69) is 25.7 Å². The number of hydrogen-bond acceptors (Lipinski definition) is 7. The van der Waals surface area contributed by atoms with Gasteiger partial charge in [-0.2, -0.15) is 0 Å². The van der Waals surface area contributed by atoms with Crippen molar-refractivity contribution in [1.82, 2.24) is 23.9 Å². The fraction of sp³-hybridized carbons (Fsp3) is 0.409. The number of nitrogen functional groups attached to an aromatic ring is 1. The van der Waals surface area contributed by atoms with Crippen LogP contribution in [0.25, 0.3) is 16.7 Å². The summed E-state index contributed by atoms with van der Waals surface area (Å²) >= 11 is 0. The Labute approximate surface area is 180 Å². The van der Waals surface area contributed by atoms with Crippen molar-refractivity contribution < 1.29 is 14.9 Å². The van der Waals surface area contributed by atoms with Crippen molar-refractivity contribution in [2.24, 2.45) is 5.92 Å². The number of ether oxygens (including phenoxy) is 1. The number of anilines is 1. The zero-order valence-corrected chi connectivity index (χ0v) is 17.7. The molecule has 9 nitrogen and oxygen atoms in total. The number of pyridine rings is 1. The van der Waals surface area contributed by atoms with E-state index in [-0.39, 0.29) is 0 Å². The van der Waals surface area contributed by atoms with Crippen molar-refractivity contribution in [2.75, 3.05) is 12.3 Å². The average molecular weight is 425 g/mol. The molecule has 0 amide bonds. The lowest BCUT2D eigenvalue weighted by atomic mass is 10.1. The molecule has 0 bridgehead atoms. The Morgan fingerprint density at radius 1 is 1.13 bits per heavy atom. The smallest absolute Gasteiger partial charge is 0.156 e. The first-order valence-corrected chi connectivity index (χ1v) is 10.4. The second-order valence-corrected chi connectivity index (χ2v) is 8.41. The van der Waals surface area contributed by atoms with Crippen molar-refractivity contribution in [2.45, 2.75) is 44.9 Å². The van der Waals surface area contributed by atoms with Gasteiger partial charge in [0.2, 0.25) is 0 Å². The van der Waals surface area contributed by atoms with E-state index in [1.165, 1.54) is 20.2 Å². The van der Waals surface area contributed by atoms with Gasteiger partial charge in [-0.25, -0.2) is 15.0 Å². The number of fused-ring (bicyclic) bond motifs is 2. The van der Waals surface area contributed by atoms with Gasteiger partial charge < -0.3 is 29.7 Å². The van der Waals surface area contributed by atoms with Gasteiger partial charge in [0.05, 0.1) is 12.0 Å². The van der Waals surface area contributed by atoms with Crippen molar-refractivity contribution in [1.29, 1.82) is 0 Å². The highest BCUT2D eigenvalue weighted by Gasteiger charge is 2.27. The molecule has 0 saturated heterocycles. The number of nitrogens with zero attached hydrogens (tertiary/aromatic N) is 5. The van der Waals surface area contributed by atoms with Crippen LogP contribution in [0.3, 0.4) is 0 Å². The second kappa shape index (κ2) is 8.52. The minimum absolute atomic E-state index is 0.435. The van der Waals surface area contributed by atoms with Gasteiger partial charge in [-0.3, -0.25) is 0 Å². The summed E-state index contributed by atoms with van der Waals surface area (Å²) in [5.74, 6) is 0.452. The molecule has 0 spiro atoms. The Morgan fingerprint density at radius 3 is 2.74 bits per heavy atom. The van der Waals surface area contributed by atoms with Gasteiger partial charge in [0.1, 0.15) is 29.2 Å². The number of rotatable bonds is 4. The lowest BCUT2D eigenvalue weighted by Crippen LogP contribution is -2.15. The SMILES string of the molecule is CC(C)(O)O.Nc1ncnc2c1ccn2C1CCC(COc2ccn3ccnc3c2)C1. The monoisotopic (exact) mass is 424 g/mol. The summed E-state index contributed by atoms with van der Waals surface area (Å²) in [5.41, 5.74) is 7.78. The van der Waals surface area contributed by atoms with Crippen molar-refractivity contribution in [3.8, 4) is 5.75 Å². The molecule has 1 fully saturated rings. The summed E-state index contributed by atoms with van der Waals surface area (Å²) in [6.45, 7) is 3.32. The van der Waals surface area contributed by atoms with Gasteiger partial charge in [-0.05, 0) is 51.2 Å². The van der Waals surface area contributed by atoms with Gasteiger partial charge in [0.15, 0.2) is 5.79 Å². The number of hydrogen-bond donors (Lipinski definition) is 3. The zero-order valence-electron chi connectivity index (χ0n) is 17.7. The van der Waals surface area contributed by atoms with Crippen LogP contribution in [0, 0.1) is 5.92 Å². The minimum Gasteiger partial charge on any atom is -0.493 e.